The SMILES string of the molecule is CC(C)(C)OC(=O)NCCCCCCON. The van der Waals surface area contributed by atoms with Gasteiger partial charge in [-0.2, -0.15) is 0 Å². The molecule has 96 valence electrons. The fraction of sp³-hybridized carbons (Fsp3) is 0.909. The molecule has 5 heteroatoms. The van der Waals surface area contributed by atoms with E-state index in [-0.39, 0.29) is 6.09 Å². The molecule has 0 aromatic heterocycles. The van der Waals surface area contributed by atoms with Gasteiger partial charge >= 0.3 is 6.09 Å². The number of unbranched alkanes of at least 4 members (excludes halogenated alkanes) is 3. The lowest BCUT2D eigenvalue weighted by atomic mass is 10.2. The van der Waals surface area contributed by atoms with Gasteiger partial charge in [-0.1, -0.05) is 12.8 Å². The molecule has 0 aliphatic carbocycles. The first-order chi connectivity index (χ1) is 7.45. The maximum atomic E-state index is 11.2. The summed E-state index contributed by atoms with van der Waals surface area (Å²) in [6.07, 6.45) is 3.68. The lowest BCUT2D eigenvalue weighted by Gasteiger charge is -2.19. The van der Waals surface area contributed by atoms with Gasteiger partial charge in [0.2, 0.25) is 0 Å². The van der Waals surface area contributed by atoms with Crippen LogP contribution in [0, 0.1) is 0 Å². The Labute approximate surface area is 97.6 Å². The first-order valence-electron chi connectivity index (χ1n) is 5.74. The molecule has 0 radical (unpaired) electrons. The third kappa shape index (κ3) is 11.3. The highest BCUT2D eigenvalue weighted by Gasteiger charge is 2.15. The molecule has 0 bridgehead atoms. The number of hydrogen-bond donors (Lipinski definition) is 2. The van der Waals surface area contributed by atoms with E-state index in [0.29, 0.717) is 13.2 Å². The maximum Gasteiger partial charge on any atom is 0.407 e. The fourth-order valence-electron chi connectivity index (χ4n) is 1.17. The third-order valence-corrected chi connectivity index (χ3v) is 1.86. The predicted molar refractivity (Wildman–Crippen MR) is 62.8 cm³/mol. The monoisotopic (exact) mass is 232 g/mol. The summed E-state index contributed by atoms with van der Waals surface area (Å²) in [5.41, 5.74) is -0.428. The molecular weight excluding hydrogens is 208 g/mol. The second-order valence-electron chi connectivity index (χ2n) is 4.71. The number of rotatable bonds is 7. The Morgan fingerprint density at radius 3 is 2.38 bits per heavy atom. The number of carbonyl (C=O) groups excluding carboxylic acids is 1. The summed E-state index contributed by atoms with van der Waals surface area (Å²) >= 11 is 0. The van der Waals surface area contributed by atoms with Crippen LogP contribution in [0.25, 0.3) is 0 Å². The second kappa shape index (κ2) is 8.35. The topological polar surface area (TPSA) is 73.6 Å². The van der Waals surface area contributed by atoms with Crippen LogP contribution in [0.5, 0.6) is 0 Å². The highest BCUT2D eigenvalue weighted by atomic mass is 16.6. The zero-order valence-electron chi connectivity index (χ0n) is 10.5. The number of ether oxygens (including phenoxy) is 1. The van der Waals surface area contributed by atoms with Gasteiger partial charge in [0.05, 0.1) is 6.61 Å². The predicted octanol–water partition coefficient (Wildman–Crippen LogP) is 1.96. The van der Waals surface area contributed by atoms with Gasteiger partial charge in [-0.3, -0.25) is 0 Å². The van der Waals surface area contributed by atoms with Crippen LogP contribution in [-0.4, -0.2) is 24.8 Å². The summed E-state index contributed by atoms with van der Waals surface area (Å²) in [4.78, 5) is 15.7. The van der Waals surface area contributed by atoms with E-state index in [9.17, 15) is 4.79 Å². The van der Waals surface area contributed by atoms with Crippen molar-refractivity contribution in [3.8, 4) is 0 Å². The molecule has 0 aromatic carbocycles. The van der Waals surface area contributed by atoms with Gasteiger partial charge in [0.1, 0.15) is 5.60 Å². The van der Waals surface area contributed by atoms with Crippen LogP contribution < -0.4 is 11.2 Å². The molecule has 0 spiro atoms. The molecule has 0 saturated carbocycles. The van der Waals surface area contributed by atoms with E-state index in [2.05, 4.69) is 10.2 Å². The van der Waals surface area contributed by atoms with Crippen molar-refractivity contribution in [1.29, 1.82) is 0 Å². The van der Waals surface area contributed by atoms with Crippen molar-refractivity contribution in [3.63, 3.8) is 0 Å². The molecule has 0 atom stereocenters. The van der Waals surface area contributed by atoms with Crippen molar-refractivity contribution in [2.45, 2.75) is 52.1 Å². The normalized spacial score (nSPS) is 11.2. The first kappa shape index (κ1) is 15.2. The lowest BCUT2D eigenvalue weighted by Crippen LogP contribution is -2.32. The Balaban J connectivity index is 3.28. The number of nitrogens with one attached hydrogen (secondary N) is 1. The van der Waals surface area contributed by atoms with Crippen LogP contribution in [0.3, 0.4) is 0 Å². The van der Waals surface area contributed by atoms with Crippen LogP contribution in [0.2, 0.25) is 0 Å². The van der Waals surface area contributed by atoms with Gasteiger partial charge < -0.3 is 14.9 Å². The van der Waals surface area contributed by atoms with Crippen LogP contribution >= 0.6 is 0 Å². The minimum Gasteiger partial charge on any atom is -0.444 e. The lowest BCUT2D eigenvalue weighted by molar-refractivity contribution is 0.0526. The highest BCUT2D eigenvalue weighted by molar-refractivity contribution is 5.67. The Morgan fingerprint density at radius 2 is 1.81 bits per heavy atom. The van der Waals surface area contributed by atoms with E-state index < -0.39 is 5.60 Å². The van der Waals surface area contributed by atoms with Crippen molar-refractivity contribution in [2.24, 2.45) is 5.90 Å². The molecule has 3 N–H and O–H groups in total. The van der Waals surface area contributed by atoms with Crippen LogP contribution in [0.15, 0.2) is 0 Å². The molecule has 0 saturated heterocycles. The largest absolute Gasteiger partial charge is 0.444 e. The quantitative estimate of drug-likeness (QED) is 0.520. The van der Waals surface area contributed by atoms with E-state index in [0.717, 1.165) is 25.7 Å². The van der Waals surface area contributed by atoms with Gasteiger partial charge in [0.15, 0.2) is 0 Å². The first-order valence-corrected chi connectivity index (χ1v) is 5.74. The Bertz CT molecular complexity index is 190. The van der Waals surface area contributed by atoms with Crippen LogP contribution in [0.4, 0.5) is 4.79 Å². The number of amides is 1. The molecule has 0 aliphatic heterocycles. The smallest absolute Gasteiger partial charge is 0.407 e. The average molecular weight is 232 g/mol. The van der Waals surface area contributed by atoms with Crippen LogP contribution in [-0.2, 0) is 9.57 Å². The molecule has 0 fully saturated rings. The van der Waals surface area contributed by atoms with Gasteiger partial charge in [0, 0.05) is 6.54 Å². The summed E-state index contributed by atoms with van der Waals surface area (Å²) in [6, 6.07) is 0. The van der Waals surface area contributed by atoms with E-state index in [4.69, 9.17) is 10.6 Å². The molecule has 0 rings (SSSR count). The van der Waals surface area contributed by atoms with E-state index in [1.54, 1.807) is 0 Å². The number of hydrogen-bond acceptors (Lipinski definition) is 4. The summed E-state index contributed by atoms with van der Waals surface area (Å²) in [5.74, 6) is 4.89. The molecule has 0 unspecified atom stereocenters. The Kier molecular flexibility index (Phi) is 7.93. The zero-order valence-corrected chi connectivity index (χ0v) is 10.5. The minimum absolute atomic E-state index is 0.349. The van der Waals surface area contributed by atoms with Gasteiger partial charge in [-0.15, -0.1) is 0 Å². The number of carbonyl (C=O) groups is 1. The molecule has 16 heavy (non-hydrogen) atoms. The van der Waals surface area contributed by atoms with E-state index in [1.165, 1.54) is 0 Å². The highest BCUT2D eigenvalue weighted by Crippen LogP contribution is 2.06. The standard InChI is InChI=1S/C11H24N2O3/c1-11(2,3)16-10(14)13-8-6-4-5-7-9-15-12/h4-9,12H2,1-3H3,(H,13,14). The van der Waals surface area contributed by atoms with Crippen molar-refractivity contribution in [1.82, 2.24) is 5.32 Å². The Hall–Kier alpha value is -0.810. The van der Waals surface area contributed by atoms with Gasteiger partial charge in [0.25, 0.3) is 0 Å². The molecule has 0 aromatic rings. The molecule has 1 amide bonds. The van der Waals surface area contributed by atoms with Crippen molar-refractivity contribution in [2.75, 3.05) is 13.2 Å². The zero-order chi connectivity index (χ0) is 12.4. The molecule has 0 heterocycles. The maximum absolute atomic E-state index is 11.2. The van der Waals surface area contributed by atoms with Gasteiger partial charge in [-0.25, -0.2) is 10.7 Å². The van der Waals surface area contributed by atoms with E-state index >= 15 is 0 Å². The molecule has 5 nitrogen and oxygen atoms in total. The number of nitrogens with two attached hydrogens (primary N) is 1. The number of alkyl carbamates (subject to hydrolysis) is 1. The third-order valence-electron chi connectivity index (χ3n) is 1.86. The Morgan fingerprint density at radius 1 is 1.19 bits per heavy atom. The minimum atomic E-state index is -0.428. The van der Waals surface area contributed by atoms with Gasteiger partial charge in [-0.05, 0) is 33.6 Å². The summed E-state index contributed by atoms with van der Waals surface area (Å²) in [7, 11) is 0. The average Bonchev–Trinajstić information content (AvgIpc) is 2.13. The fourth-order valence-corrected chi connectivity index (χ4v) is 1.17. The molecular formula is C11H24N2O3. The summed E-state index contributed by atoms with van der Waals surface area (Å²) in [6.45, 7) is 6.79. The molecule has 0 aliphatic rings. The van der Waals surface area contributed by atoms with Crippen molar-refractivity contribution >= 4 is 6.09 Å². The van der Waals surface area contributed by atoms with Crippen molar-refractivity contribution in [3.05, 3.63) is 0 Å². The van der Waals surface area contributed by atoms with Crippen LogP contribution in [0.1, 0.15) is 46.5 Å². The van der Waals surface area contributed by atoms with E-state index in [1.807, 2.05) is 20.8 Å². The second-order valence-corrected chi connectivity index (χ2v) is 4.71. The summed E-state index contributed by atoms with van der Waals surface area (Å²) in [5, 5.41) is 2.71. The summed E-state index contributed by atoms with van der Waals surface area (Å²) < 4.78 is 5.10. The van der Waals surface area contributed by atoms with Crippen molar-refractivity contribution < 1.29 is 14.4 Å².